The molecule has 2 aliphatic heterocycles. The van der Waals surface area contributed by atoms with Gasteiger partial charge in [0.2, 0.25) is 0 Å². The maximum atomic E-state index is 13.2. The first kappa shape index (κ1) is 44.8. The van der Waals surface area contributed by atoms with Gasteiger partial charge in [-0.2, -0.15) is 0 Å². The lowest BCUT2D eigenvalue weighted by atomic mass is 9.93. The van der Waals surface area contributed by atoms with Crippen LogP contribution in [-0.2, 0) is 45.4 Å². The first-order valence-electron chi connectivity index (χ1n) is 18.2. The monoisotopic (exact) mass is 872 g/mol. The summed E-state index contributed by atoms with van der Waals surface area (Å²) in [5.74, 6) is -1.70. The minimum absolute atomic E-state index is 0.179. The molecule has 0 saturated carbocycles. The molecule has 0 bridgehead atoms. The van der Waals surface area contributed by atoms with E-state index in [9.17, 15) is 29.4 Å². The van der Waals surface area contributed by atoms with E-state index in [2.05, 4.69) is 9.97 Å². The van der Waals surface area contributed by atoms with Crippen molar-refractivity contribution in [2.75, 3.05) is 13.1 Å². The van der Waals surface area contributed by atoms with Gasteiger partial charge in [-0.05, 0) is 79.7 Å². The molecule has 0 fully saturated rings. The van der Waals surface area contributed by atoms with Crippen LogP contribution in [0, 0.1) is 13.8 Å². The number of hydrogen-bond donors (Lipinski definition) is 2. The number of esters is 2. The second-order valence-electron chi connectivity index (χ2n) is 15.8. The average Bonchev–Trinajstić information content (AvgIpc) is 3.55. The third-order valence-electron chi connectivity index (χ3n) is 9.04. The van der Waals surface area contributed by atoms with Gasteiger partial charge in [0.05, 0.1) is 48.8 Å². The van der Waals surface area contributed by atoms with Crippen molar-refractivity contribution in [3.05, 3.63) is 102 Å². The Labute approximate surface area is 357 Å². The first-order valence-corrected chi connectivity index (χ1v) is 19.7. The van der Waals surface area contributed by atoms with Gasteiger partial charge in [0.1, 0.15) is 24.3 Å². The van der Waals surface area contributed by atoms with E-state index in [1.54, 1.807) is 91.8 Å². The number of aliphatic hydroxyl groups excluding tert-OH is 2. The van der Waals surface area contributed by atoms with Crippen LogP contribution in [0.1, 0.15) is 96.2 Å². The van der Waals surface area contributed by atoms with Crippen molar-refractivity contribution in [3.8, 4) is 22.3 Å². The van der Waals surface area contributed by atoms with Crippen LogP contribution in [0.4, 0.5) is 0 Å². The lowest BCUT2D eigenvalue weighted by Crippen LogP contribution is -2.35. The average molecular weight is 875 g/mol. The molecule has 2 aliphatic rings. The largest absolute Gasteiger partial charge is 0.459 e. The molecule has 2 aromatic heterocycles. The number of halogens is 4. The molecule has 0 atom stereocenters. The Morgan fingerprint density at radius 1 is 0.638 bits per heavy atom. The summed E-state index contributed by atoms with van der Waals surface area (Å²) in [5.41, 5.74) is 4.88. The summed E-state index contributed by atoms with van der Waals surface area (Å²) < 4.78 is 10.7. The number of benzene rings is 2. The minimum atomic E-state index is -0.645. The topological polar surface area (TPSA) is 159 Å². The highest BCUT2D eigenvalue weighted by molar-refractivity contribution is 6.37. The second kappa shape index (κ2) is 17.5. The van der Waals surface area contributed by atoms with E-state index in [1.807, 2.05) is 0 Å². The number of carbonyl (C=O) groups excluding carboxylic acids is 4. The standard InChI is InChI=1S/2C21H22Cl2N2O4/c2*1-11-14(10-26)18(13-6-5-12(22)7-15(13)23)19-16(24-11)8-25(20(19)28)9-17(27)29-21(2,3)4/h2*5-7,26H,8-10H2,1-4H3. The fraction of sp³-hybridized carbons (Fsp3) is 0.381. The lowest BCUT2D eigenvalue weighted by molar-refractivity contribution is -0.156. The van der Waals surface area contributed by atoms with Crippen molar-refractivity contribution in [1.29, 1.82) is 0 Å². The molecule has 308 valence electrons. The number of pyridine rings is 2. The number of rotatable bonds is 8. The minimum Gasteiger partial charge on any atom is -0.459 e. The fourth-order valence-electron chi connectivity index (χ4n) is 6.80. The number of aliphatic hydroxyl groups is 2. The van der Waals surface area contributed by atoms with E-state index >= 15 is 0 Å². The maximum Gasteiger partial charge on any atom is 0.326 e. The quantitative estimate of drug-likeness (QED) is 0.165. The zero-order valence-corrected chi connectivity index (χ0v) is 36.4. The molecule has 0 aliphatic carbocycles. The van der Waals surface area contributed by atoms with Gasteiger partial charge in [-0.1, -0.05) is 58.5 Å². The SMILES string of the molecule is Cc1nc2c(c(-c3ccc(Cl)cc3Cl)c1CO)C(=O)N(CC(=O)OC(C)(C)C)C2.Cc1nc2c(c(-c3ccc(Cl)cc3Cl)c1CO)C(=O)N(CC(=O)OC(C)(C)C)C2. The molecule has 0 saturated heterocycles. The molecule has 0 radical (unpaired) electrons. The highest BCUT2D eigenvalue weighted by Crippen LogP contribution is 2.41. The zero-order valence-electron chi connectivity index (χ0n) is 33.4. The molecule has 2 N–H and O–H groups in total. The summed E-state index contributed by atoms with van der Waals surface area (Å²) >= 11 is 24.8. The number of amides is 2. The van der Waals surface area contributed by atoms with Gasteiger partial charge in [0.25, 0.3) is 11.8 Å². The number of carbonyl (C=O) groups is 4. The molecule has 2 aromatic carbocycles. The Balaban J connectivity index is 0.000000221. The predicted octanol–water partition coefficient (Wildman–Crippen LogP) is 8.31. The van der Waals surface area contributed by atoms with Gasteiger partial charge in [-0.3, -0.25) is 29.1 Å². The van der Waals surface area contributed by atoms with Crippen molar-refractivity contribution in [3.63, 3.8) is 0 Å². The van der Waals surface area contributed by atoms with E-state index in [0.29, 0.717) is 87.4 Å². The molecule has 12 nitrogen and oxygen atoms in total. The number of ether oxygens (including phenoxy) is 2. The van der Waals surface area contributed by atoms with Crippen molar-refractivity contribution in [1.82, 2.24) is 19.8 Å². The van der Waals surface area contributed by atoms with Crippen molar-refractivity contribution < 1.29 is 38.9 Å². The van der Waals surface area contributed by atoms with Gasteiger partial charge < -0.3 is 29.5 Å². The number of nitrogens with zero attached hydrogens (tertiary/aromatic N) is 4. The smallest absolute Gasteiger partial charge is 0.326 e. The van der Waals surface area contributed by atoms with Gasteiger partial charge in [-0.15, -0.1) is 0 Å². The van der Waals surface area contributed by atoms with Crippen molar-refractivity contribution in [2.24, 2.45) is 0 Å². The number of aromatic nitrogens is 2. The summed E-state index contributed by atoms with van der Waals surface area (Å²) in [5, 5.41) is 21.6. The van der Waals surface area contributed by atoms with Crippen LogP contribution in [0.25, 0.3) is 22.3 Å². The Morgan fingerprint density at radius 2 is 0.983 bits per heavy atom. The summed E-state index contributed by atoms with van der Waals surface area (Å²) in [7, 11) is 0. The van der Waals surface area contributed by atoms with E-state index in [-0.39, 0.29) is 51.2 Å². The van der Waals surface area contributed by atoms with Crippen LogP contribution in [0.15, 0.2) is 36.4 Å². The van der Waals surface area contributed by atoms with Crippen molar-refractivity contribution in [2.45, 2.75) is 92.9 Å². The van der Waals surface area contributed by atoms with Gasteiger partial charge in [0.15, 0.2) is 0 Å². The fourth-order valence-corrected chi connectivity index (χ4v) is 7.80. The summed E-state index contributed by atoms with van der Waals surface area (Å²) in [6.07, 6.45) is 0. The third-order valence-corrected chi connectivity index (χ3v) is 10.1. The highest BCUT2D eigenvalue weighted by Gasteiger charge is 2.38. The molecule has 6 rings (SSSR count). The van der Waals surface area contributed by atoms with Crippen LogP contribution in [0.2, 0.25) is 20.1 Å². The van der Waals surface area contributed by atoms with Crippen molar-refractivity contribution >= 4 is 70.2 Å². The Bertz CT molecular complexity index is 2160. The Kier molecular flexibility index (Phi) is 13.5. The predicted molar refractivity (Wildman–Crippen MR) is 222 cm³/mol. The van der Waals surface area contributed by atoms with E-state index in [1.165, 1.54) is 9.80 Å². The summed E-state index contributed by atoms with van der Waals surface area (Å²) in [6.45, 7) is 13.5. The van der Waals surface area contributed by atoms with Crippen LogP contribution in [0.3, 0.4) is 0 Å². The van der Waals surface area contributed by atoms with Crippen LogP contribution in [0.5, 0.6) is 0 Å². The number of fused-ring (bicyclic) bond motifs is 2. The molecule has 16 heteroatoms. The second-order valence-corrected chi connectivity index (χ2v) is 17.5. The zero-order chi connectivity index (χ0) is 43.0. The molecule has 2 amide bonds. The van der Waals surface area contributed by atoms with Crippen LogP contribution < -0.4 is 0 Å². The summed E-state index contributed by atoms with van der Waals surface area (Å²) in [6, 6.07) is 9.93. The van der Waals surface area contributed by atoms with Gasteiger partial charge in [-0.25, -0.2) is 0 Å². The van der Waals surface area contributed by atoms with Crippen LogP contribution in [-0.4, -0.2) is 78.0 Å². The number of hydrogen-bond acceptors (Lipinski definition) is 10. The molecule has 4 aromatic rings. The first-order chi connectivity index (χ1) is 27.0. The summed E-state index contributed by atoms with van der Waals surface area (Å²) in [4.78, 5) is 62.6. The highest BCUT2D eigenvalue weighted by atomic mass is 35.5. The molecule has 0 spiro atoms. The third kappa shape index (κ3) is 9.93. The Hall–Kier alpha value is -4.30. The van der Waals surface area contributed by atoms with E-state index < -0.39 is 23.1 Å². The number of aryl methyl sites for hydroxylation is 2. The molecular weight excluding hydrogens is 830 g/mol. The maximum absolute atomic E-state index is 13.2. The molecular formula is C42H44Cl4N4O8. The molecule has 0 unspecified atom stereocenters. The van der Waals surface area contributed by atoms with Crippen LogP contribution >= 0.6 is 46.4 Å². The Morgan fingerprint density at radius 3 is 1.28 bits per heavy atom. The van der Waals surface area contributed by atoms with E-state index in [0.717, 1.165) is 0 Å². The van der Waals surface area contributed by atoms with Gasteiger partial charge in [0, 0.05) is 64.9 Å². The van der Waals surface area contributed by atoms with Gasteiger partial charge >= 0.3 is 11.9 Å². The van der Waals surface area contributed by atoms with E-state index in [4.69, 9.17) is 55.9 Å². The lowest BCUT2D eigenvalue weighted by Gasteiger charge is -2.22. The molecule has 4 heterocycles. The normalized spacial score (nSPS) is 13.6. The molecule has 58 heavy (non-hydrogen) atoms.